The molecule has 0 radical (unpaired) electrons. The summed E-state index contributed by atoms with van der Waals surface area (Å²) in [6, 6.07) is 0. The minimum atomic E-state index is -0.490. The first-order valence-corrected chi connectivity index (χ1v) is 5.05. The highest BCUT2D eigenvalue weighted by Crippen LogP contribution is 2.25. The standard InChI is InChI=1S/C9H12N2O2S/c1-9(2,3)8-10-7(6-14-8)4-5-11(12)13/h4-6H,1-3H3/b5-4+. The van der Waals surface area contributed by atoms with Crippen LogP contribution in [0, 0.1) is 10.1 Å². The van der Waals surface area contributed by atoms with Gasteiger partial charge in [0.1, 0.15) is 0 Å². The normalized spacial score (nSPS) is 12.2. The Morgan fingerprint density at radius 1 is 1.57 bits per heavy atom. The molecule has 4 nitrogen and oxygen atoms in total. The summed E-state index contributed by atoms with van der Waals surface area (Å²) in [5.74, 6) is 0. The molecule has 0 aliphatic rings. The van der Waals surface area contributed by atoms with E-state index in [2.05, 4.69) is 25.8 Å². The van der Waals surface area contributed by atoms with Crippen LogP contribution in [0.1, 0.15) is 31.5 Å². The molecular formula is C9H12N2O2S. The molecule has 1 heterocycles. The summed E-state index contributed by atoms with van der Waals surface area (Å²) in [5.41, 5.74) is 0.655. The summed E-state index contributed by atoms with van der Waals surface area (Å²) >= 11 is 1.52. The van der Waals surface area contributed by atoms with E-state index in [4.69, 9.17) is 0 Å². The van der Waals surface area contributed by atoms with Gasteiger partial charge in [0.25, 0.3) is 0 Å². The van der Waals surface area contributed by atoms with Gasteiger partial charge in [-0.15, -0.1) is 11.3 Å². The van der Waals surface area contributed by atoms with E-state index >= 15 is 0 Å². The van der Waals surface area contributed by atoms with Gasteiger partial charge < -0.3 is 0 Å². The molecule has 0 N–H and O–H groups in total. The van der Waals surface area contributed by atoms with Gasteiger partial charge in [0.05, 0.1) is 15.6 Å². The van der Waals surface area contributed by atoms with Gasteiger partial charge in [-0.3, -0.25) is 10.1 Å². The fraction of sp³-hybridized carbons (Fsp3) is 0.444. The van der Waals surface area contributed by atoms with Crippen molar-refractivity contribution in [3.05, 3.63) is 32.4 Å². The van der Waals surface area contributed by atoms with E-state index in [1.807, 2.05) is 5.38 Å². The van der Waals surface area contributed by atoms with Crippen LogP contribution in [0.15, 0.2) is 11.6 Å². The fourth-order valence-electron chi connectivity index (χ4n) is 0.844. The van der Waals surface area contributed by atoms with E-state index in [1.54, 1.807) is 0 Å². The van der Waals surface area contributed by atoms with Crippen LogP contribution in [0.25, 0.3) is 6.08 Å². The maximum atomic E-state index is 10.1. The molecule has 0 bridgehead atoms. The number of thiazole rings is 1. The Labute approximate surface area is 86.4 Å². The van der Waals surface area contributed by atoms with Crippen molar-refractivity contribution in [1.29, 1.82) is 0 Å². The van der Waals surface area contributed by atoms with E-state index in [0.717, 1.165) is 11.2 Å². The second-order valence-corrected chi connectivity index (χ2v) is 4.79. The second-order valence-electron chi connectivity index (χ2n) is 3.93. The quantitative estimate of drug-likeness (QED) is 0.559. The topological polar surface area (TPSA) is 56.0 Å². The molecule has 1 rings (SSSR count). The Hall–Kier alpha value is -1.23. The summed E-state index contributed by atoms with van der Waals surface area (Å²) in [4.78, 5) is 13.9. The van der Waals surface area contributed by atoms with E-state index in [0.29, 0.717) is 5.69 Å². The minimum Gasteiger partial charge on any atom is -0.259 e. The summed E-state index contributed by atoms with van der Waals surface area (Å²) in [7, 11) is 0. The first-order valence-electron chi connectivity index (χ1n) is 4.17. The van der Waals surface area contributed by atoms with Crippen LogP contribution in [-0.2, 0) is 5.41 Å². The average molecular weight is 212 g/mol. The van der Waals surface area contributed by atoms with Gasteiger partial charge >= 0.3 is 0 Å². The molecule has 0 aliphatic heterocycles. The molecule has 0 unspecified atom stereocenters. The molecule has 5 heteroatoms. The molecule has 0 saturated carbocycles. The maximum Gasteiger partial charge on any atom is 0.236 e. The van der Waals surface area contributed by atoms with E-state index in [9.17, 15) is 10.1 Å². The Kier molecular flexibility index (Phi) is 3.00. The molecule has 0 aromatic carbocycles. The molecule has 0 fully saturated rings. The van der Waals surface area contributed by atoms with Crippen LogP contribution in [0.5, 0.6) is 0 Å². The summed E-state index contributed by atoms with van der Waals surface area (Å²) in [6.45, 7) is 6.19. The Bertz CT molecular complexity index is 363. The highest BCUT2D eigenvalue weighted by Gasteiger charge is 2.17. The lowest BCUT2D eigenvalue weighted by Gasteiger charge is -2.13. The lowest BCUT2D eigenvalue weighted by atomic mass is 9.98. The van der Waals surface area contributed by atoms with Crippen molar-refractivity contribution in [2.24, 2.45) is 0 Å². The summed E-state index contributed by atoms with van der Waals surface area (Å²) in [6.07, 6.45) is 2.31. The number of hydrogen-bond acceptors (Lipinski definition) is 4. The van der Waals surface area contributed by atoms with Gasteiger partial charge in [-0.25, -0.2) is 4.98 Å². The molecule has 0 spiro atoms. The van der Waals surface area contributed by atoms with Gasteiger partial charge in [-0.05, 0) is 0 Å². The van der Waals surface area contributed by atoms with Gasteiger partial charge in [0.2, 0.25) is 6.20 Å². The van der Waals surface area contributed by atoms with Gasteiger partial charge in [0.15, 0.2) is 0 Å². The van der Waals surface area contributed by atoms with Crippen molar-refractivity contribution in [3.8, 4) is 0 Å². The zero-order chi connectivity index (χ0) is 10.8. The molecule has 0 atom stereocenters. The lowest BCUT2D eigenvalue weighted by molar-refractivity contribution is -0.401. The monoisotopic (exact) mass is 212 g/mol. The highest BCUT2D eigenvalue weighted by atomic mass is 32.1. The van der Waals surface area contributed by atoms with Crippen molar-refractivity contribution >= 4 is 17.4 Å². The van der Waals surface area contributed by atoms with E-state index in [1.165, 1.54) is 17.4 Å². The third kappa shape index (κ3) is 2.92. The van der Waals surface area contributed by atoms with E-state index < -0.39 is 4.92 Å². The van der Waals surface area contributed by atoms with Crippen molar-refractivity contribution in [2.75, 3.05) is 0 Å². The number of nitrogens with zero attached hydrogens (tertiary/aromatic N) is 2. The third-order valence-corrected chi connectivity index (χ3v) is 2.82. The average Bonchev–Trinajstić information content (AvgIpc) is 2.47. The first-order chi connectivity index (χ1) is 6.39. The van der Waals surface area contributed by atoms with Crippen LogP contribution in [0.2, 0.25) is 0 Å². The third-order valence-electron chi connectivity index (χ3n) is 1.53. The molecule has 14 heavy (non-hydrogen) atoms. The van der Waals surface area contributed by atoms with Crippen molar-refractivity contribution in [2.45, 2.75) is 26.2 Å². The summed E-state index contributed by atoms with van der Waals surface area (Å²) < 4.78 is 0. The molecule has 0 saturated heterocycles. The fourth-order valence-corrected chi connectivity index (χ4v) is 1.72. The molecular weight excluding hydrogens is 200 g/mol. The van der Waals surface area contributed by atoms with Gasteiger partial charge in [-0.2, -0.15) is 0 Å². The zero-order valence-corrected chi connectivity index (χ0v) is 9.17. The molecule has 76 valence electrons. The Morgan fingerprint density at radius 3 is 2.64 bits per heavy atom. The van der Waals surface area contributed by atoms with Crippen molar-refractivity contribution in [3.63, 3.8) is 0 Å². The Balaban J connectivity index is 2.84. The Morgan fingerprint density at radius 2 is 2.21 bits per heavy atom. The van der Waals surface area contributed by atoms with Crippen molar-refractivity contribution < 1.29 is 4.92 Å². The van der Waals surface area contributed by atoms with Crippen LogP contribution in [-0.4, -0.2) is 9.91 Å². The van der Waals surface area contributed by atoms with Crippen molar-refractivity contribution in [1.82, 2.24) is 4.98 Å². The van der Waals surface area contributed by atoms with Crippen LogP contribution in [0.3, 0.4) is 0 Å². The van der Waals surface area contributed by atoms with Gasteiger partial charge in [-0.1, -0.05) is 20.8 Å². The smallest absolute Gasteiger partial charge is 0.236 e. The largest absolute Gasteiger partial charge is 0.259 e. The molecule has 0 amide bonds. The SMILES string of the molecule is CC(C)(C)c1nc(/C=C/[N+](=O)[O-])cs1. The number of aromatic nitrogens is 1. The molecule has 1 aromatic rings. The predicted molar refractivity (Wildman–Crippen MR) is 56.8 cm³/mol. The number of hydrogen-bond donors (Lipinski definition) is 0. The van der Waals surface area contributed by atoms with Gasteiger partial charge in [0, 0.05) is 16.9 Å². The molecule has 0 aliphatic carbocycles. The summed E-state index contributed by atoms with van der Waals surface area (Å²) in [5, 5.41) is 12.9. The highest BCUT2D eigenvalue weighted by molar-refractivity contribution is 7.09. The van der Waals surface area contributed by atoms with Crippen LogP contribution < -0.4 is 0 Å². The maximum absolute atomic E-state index is 10.1. The zero-order valence-electron chi connectivity index (χ0n) is 8.35. The lowest BCUT2D eigenvalue weighted by Crippen LogP contribution is -2.10. The molecule has 1 aromatic heterocycles. The number of nitro groups is 1. The second kappa shape index (κ2) is 3.88. The first kappa shape index (κ1) is 10.8. The van der Waals surface area contributed by atoms with Crippen LogP contribution in [0.4, 0.5) is 0 Å². The van der Waals surface area contributed by atoms with E-state index in [-0.39, 0.29) is 5.41 Å². The predicted octanol–water partition coefficient (Wildman–Crippen LogP) is 2.69. The van der Waals surface area contributed by atoms with Crippen LogP contribution >= 0.6 is 11.3 Å². The number of rotatable bonds is 2. The minimum absolute atomic E-state index is 0.00533.